The third-order valence-corrected chi connectivity index (χ3v) is 5.50. The van der Waals surface area contributed by atoms with Gasteiger partial charge in [-0.3, -0.25) is 4.79 Å². The van der Waals surface area contributed by atoms with E-state index >= 15 is 0 Å². The van der Waals surface area contributed by atoms with E-state index in [1.807, 2.05) is 31.2 Å². The Labute approximate surface area is 159 Å². The third-order valence-electron chi connectivity index (χ3n) is 3.79. The van der Waals surface area contributed by atoms with Crippen molar-refractivity contribution >= 4 is 27.6 Å². The lowest BCUT2D eigenvalue weighted by Crippen LogP contribution is -2.45. The van der Waals surface area contributed by atoms with Crippen LogP contribution in [0, 0.1) is 12.8 Å². The first kappa shape index (κ1) is 20.4. The van der Waals surface area contributed by atoms with Crippen molar-refractivity contribution in [2.24, 2.45) is 5.92 Å². The molecule has 0 aromatic heterocycles. The Hall–Kier alpha value is -1.89. The predicted octanol–water partition coefficient (Wildman–Crippen LogP) is 3.69. The zero-order valence-corrected chi connectivity index (χ0v) is 16.5. The number of nitrogens with one attached hydrogen (secondary N) is 1. The lowest BCUT2D eigenvalue weighted by Gasteiger charge is -2.21. The van der Waals surface area contributed by atoms with Gasteiger partial charge in [0.2, 0.25) is 10.0 Å². The molecule has 0 bridgehead atoms. The number of halogens is 1. The van der Waals surface area contributed by atoms with Crippen LogP contribution in [0.15, 0.2) is 53.4 Å². The summed E-state index contributed by atoms with van der Waals surface area (Å²) in [7, 11) is -3.87. The highest BCUT2D eigenvalue weighted by molar-refractivity contribution is 7.89. The van der Waals surface area contributed by atoms with Gasteiger partial charge in [0, 0.05) is 5.02 Å². The topological polar surface area (TPSA) is 72.5 Å². The fourth-order valence-corrected chi connectivity index (χ4v) is 3.81. The second-order valence-corrected chi connectivity index (χ2v) is 8.54. The molecule has 140 valence electrons. The van der Waals surface area contributed by atoms with E-state index < -0.39 is 22.0 Å². The second-order valence-electron chi connectivity index (χ2n) is 6.39. The van der Waals surface area contributed by atoms with Crippen molar-refractivity contribution in [1.82, 2.24) is 4.72 Å². The maximum atomic E-state index is 12.5. The number of hydrogen-bond donors (Lipinski definition) is 1. The SMILES string of the molecule is Cc1cccc(COC(=O)[C@@H](NS(=O)(=O)c2ccc(Cl)cc2)C(C)C)c1. The molecule has 0 saturated heterocycles. The molecule has 26 heavy (non-hydrogen) atoms. The van der Waals surface area contributed by atoms with Gasteiger partial charge in [0.1, 0.15) is 12.6 Å². The van der Waals surface area contributed by atoms with Gasteiger partial charge in [-0.1, -0.05) is 55.3 Å². The van der Waals surface area contributed by atoms with E-state index in [0.29, 0.717) is 5.02 Å². The molecule has 0 aliphatic heterocycles. The molecule has 2 aromatic rings. The first-order chi connectivity index (χ1) is 12.2. The number of rotatable bonds is 7. The van der Waals surface area contributed by atoms with E-state index in [1.54, 1.807) is 13.8 Å². The van der Waals surface area contributed by atoms with Crippen LogP contribution in [0.1, 0.15) is 25.0 Å². The van der Waals surface area contributed by atoms with Gasteiger partial charge < -0.3 is 4.74 Å². The molecule has 1 atom stereocenters. The molecule has 0 radical (unpaired) electrons. The van der Waals surface area contributed by atoms with Gasteiger partial charge in [-0.25, -0.2) is 8.42 Å². The average Bonchev–Trinajstić information content (AvgIpc) is 2.58. The monoisotopic (exact) mass is 395 g/mol. The summed E-state index contributed by atoms with van der Waals surface area (Å²) >= 11 is 5.79. The maximum absolute atomic E-state index is 12.5. The van der Waals surface area contributed by atoms with E-state index in [0.717, 1.165) is 11.1 Å². The molecule has 0 spiro atoms. The van der Waals surface area contributed by atoms with Crippen LogP contribution in [0.3, 0.4) is 0 Å². The van der Waals surface area contributed by atoms with Gasteiger partial charge in [0.15, 0.2) is 0 Å². The summed E-state index contributed by atoms with van der Waals surface area (Å²) in [5, 5.41) is 0.432. The molecule has 0 heterocycles. The van der Waals surface area contributed by atoms with E-state index in [4.69, 9.17) is 16.3 Å². The molecule has 7 heteroatoms. The van der Waals surface area contributed by atoms with Crippen molar-refractivity contribution in [2.75, 3.05) is 0 Å². The van der Waals surface area contributed by atoms with E-state index in [-0.39, 0.29) is 17.4 Å². The molecule has 0 fully saturated rings. The number of carbonyl (C=O) groups is 1. The Morgan fingerprint density at radius 3 is 2.38 bits per heavy atom. The predicted molar refractivity (Wildman–Crippen MR) is 101 cm³/mol. The molecule has 0 saturated carbocycles. The zero-order valence-electron chi connectivity index (χ0n) is 14.9. The highest BCUT2D eigenvalue weighted by Gasteiger charge is 2.29. The molecule has 5 nitrogen and oxygen atoms in total. The van der Waals surface area contributed by atoms with Crippen LogP contribution in [-0.2, 0) is 26.2 Å². The molecule has 0 unspecified atom stereocenters. The van der Waals surface area contributed by atoms with E-state index in [9.17, 15) is 13.2 Å². The molecule has 0 aliphatic carbocycles. The smallest absolute Gasteiger partial charge is 0.324 e. The second kappa shape index (κ2) is 8.66. The quantitative estimate of drug-likeness (QED) is 0.725. The Bertz CT molecular complexity index is 863. The first-order valence-corrected chi connectivity index (χ1v) is 10.1. The maximum Gasteiger partial charge on any atom is 0.324 e. The Morgan fingerprint density at radius 2 is 1.81 bits per heavy atom. The lowest BCUT2D eigenvalue weighted by molar-refractivity contribution is -0.148. The van der Waals surface area contributed by atoms with Crippen LogP contribution in [0.5, 0.6) is 0 Å². The van der Waals surface area contributed by atoms with Crippen LogP contribution in [0.4, 0.5) is 0 Å². The minimum Gasteiger partial charge on any atom is -0.460 e. The van der Waals surface area contributed by atoms with Crippen molar-refractivity contribution in [1.29, 1.82) is 0 Å². The molecule has 2 rings (SSSR count). The Morgan fingerprint density at radius 1 is 1.15 bits per heavy atom. The minimum absolute atomic E-state index is 0.0408. The van der Waals surface area contributed by atoms with Crippen LogP contribution < -0.4 is 4.72 Å². The third kappa shape index (κ3) is 5.56. The van der Waals surface area contributed by atoms with Gasteiger partial charge in [-0.15, -0.1) is 0 Å². The molecule has 1 N–H and O–H groups in total. The van der Waals surface area contributed by atoms with Crippen molar-refractivity contribution < 1.29 is 17.9 Å². The Balaban J connectivity index is 2.09. The van der Waals surface area contributed by atoms with Crippen LogP contribution in [-0.4, -0.2) is 20.4 Å². The standard InChI is InChI=1S/C19H22ClNO4S/c1-13(2)18(19(22)25-12-15-6-4-5-14(3)11-15)21-26(23,24)17-9-7-16(20)8-10-17/h4-11,13,18,21H,12H2,1-3H3/t18-/m0/s1. The molecular formula is C19H22ClNO4S. The molecular weight excluding hydrogens is 374 g/mol. The molecule has 2 aromatic carbocycles. The van der Waals surface area contributed by atoms with Crippen molar-refractivity contribution in [2.45, 2.75) is 38.3 Å². The summed E-state index contributed by atoms with van der Waals surface area (Å²) in [4.78, 5) is 12.5. The molecule has 0 amide bonds. The number of hydrogen-bond acceptors (Lipinski definition) is 4. The highest BCUT2D eigenvalue weighted by atomic mass is 35.5. The van der Waals surface area contributed by atoms with Gasteiger partial charge in [0.05, 0.1) is 4.90 Å². The van der Waals surface area contributed by atoms with Gasteiger partial charge in [-0.2, -0.15) is 4.72 Å². The van der Waals surface area contributed by atoms with Gasteiger partial charge in [0.25, 0.3) is 0 Å². The average molecular weight is 396 g/mol. The van der Waals surface area contributed by atoms with Crippen LogP contribution >= 0.6 is 11.6 Å². The molecule has 0 aliphatic rings. The number of carbonyl (C=O) groups excluding carboxylic acids is 1. The summed E-state index contributed by atoms with van der Waals surface area (Å²) in [6.45, 7) is 5.54. The van der Waals surface area contributed by atoms with Gasteiger partial charge >= 0.3 is 5.97 Å². The summed E-state index contributed by atoms with van der Waals surface area (Å²) in [5.41, 5.74) is 1.91. The van der Waals surface area contributed by atoms with Crippen LogP contribution in [0.2, 0.25) is 5.02 Å². The highest BCUT2D eigenvalue weighted by Crippen LogP contribution is 2.16. The lowest BCUT2D eigenvalue weighted by atomic mass is 10.1. The normalized spacial score (nSPS) is 12.8. The number of aryl methyl sites for hydroxylation is 1. The summed E-state index contributed by atoms with van der Waals surface area (Å²) in [6.07, 6.45) is 0. The largest absolute Gasteiger partial charge is 0.460 e. The van der Waals surface area contributed by atoms with Crippen molar-refractivity contribution in [3.63, 3.8) is 0 Å². The van der Waals surface area contributed by atoms with Crippen molar-refractivity contribution in [3.8, 4) is 0 Å². The first-order valence-electron chi connectivity index (χ1n) is 8.19. The van der Waals surface area contributed by atoms with Gasteiger partial charge in [-0.05, 0) is 42.7 Å². The number of benzene rings is 2. The number of esters is 1. The van der Waals surface area contributed by atoms with E-state index in [1.165, 1.54) is 24.3 Å². The fourth-order valence-electron chi connectivity index (χ4n) is 2.35. The summed E-state index contributed by atoms with van der Waals surface area (Å²) in [6, 6.07) is 12.3. The number of ether oxygens (including phenoxy) is 1. The van der Waals surface area contributed by atoms with E-state index in [2.05, 4.69) is 4.72 Å². The zero-order chi connectivity index (χ0) is 19.3. The number of sulfonamides is 1. The summed E-state index contributed by atoms with van der Waals surface area (Å²) in [5.74, 6) is -0.888. The van der Waals surface area contributed by atoms with Crippen LogP contribution in [0.25, 0.3) is 0 Å². The summed E-state index contributed by atoms with van der Waals surface area (Å²) < 4.78 is 32.8. The Kier molecular flexibility index (Phi) is 6.81. The fraction of sp³-hybridized carbons (Fsp3) is 0.316. The minimum atomic E-state index is -3.87. The van der Waals surface area contributed by atoms with Crippen molar-refractivity contribution in [3.05, 3.63) is 64.7 Å².